The quantitative estimate of drug-likeness (QED) is 0.451. The van der Waals surface area contributed by atoms with Crippen molar-refractivity contribution in [1.82, 2.24) is 20.9 Å². The zero-order valence-corrected chi connectivity index (χ0v) is 19.8. The van der Waals surface area contributed by atoms with Crippen LogP contribution in [0.2, 0.25) is 0 Å². The molecule has 0 radical (unpaired) electrons. The van der Waals surface area contributed by atoms with Crippen molar-refractivity contribution in [2.45, 2.75) is 37.8 Å². The van der Waals surface area contributed by atoms with Gasteiger partial charge in [0.15, 0.2) is 0 Å². The average Bonchev–Trinajstić information content (AvgIpc) is 2.89. The van der Waals surface area contributed by atoms with E-state index < -0.39 is 35.3 Å². The molecule has 0 saturated carbocycles. The molecular formula is C25H30N4O6. The van der Waals surface area contributed by atoms with Crippen LogP contribution < -0.4 is 16.0 Å². The molecule has 1 aromatic heterocycles. The van der Waals surface area contributed by atoms with E-state index in [0.29, 0.717) is 25.9 Å². The Morgan fingerprint density at radius 1 is 1.09 bits per heavy atom. The molecule has 10 heteroatoms. The average molecular weight is 483 g/mol. The largest absolute Gasteiger partial charge is 0.465 e. The van der Waals surface area contributed by atoms with Gasteiger partial charge in [-0.15, -0.1) is 0 Å². The van der Waals surface area contributed by atoms with Crippen molar-refractivity contribution in [3.05, 3.63) is 65.5 Å². The lowest BCUT2D eigenvalue weighted by Crippen LogP contribution is -2.64. The summed E-state index contributed by atoms with van der Waals surface area (Å²) in [7, 11) is 1.25. The second kappa shape index (κ2) is 12.1. The van der Waals surface area contributed by atoms with Crippen LogP contribution in [0.4, 0.5) is 0 Å². The summed E-state index contributed by atoms with van der Waals surface area (Å²) in [6.07, 6.45) is 2.15. The van der Waals surface area contributed by atoms with Gasteiger partial charge >= 0.3 is 11.9 Å². The number of pyridine rings is 1. The molecule has 0 aliphatic carbocycles. The lowest BCUT2D eigenvalue weighted by molar-refractivity contribution is -0.148. The minimum atomic E-state index is -1.24. The van der Waals surface area contributed by atoms with Crippen molar-refractivity contribution in [1.29, 1.82) is 0 Å². The fraction of sp³-hybridized carbons (Fsp3) is 0.400. The molecule has 3 rings (SSSR count). The molecule has 0 bridgehead atoms. The summed E-state index contributed by atoms with van der Waals surface area (Å²) in [5.41, 5.74) is -0.123. The van der Waals surface area contributed by atoms with Gasteiger partial charge in [-0.2, -0.15) is 0 Å². The molecule has 2 aromatic rings. The molecular weight excluding hydrogens is 452 g/mol. The van der Waals surface area contributed by atoms with Crippen LogP contribution in [0.25, 0.3) is 0 Å². The summed E-state index contributed by atoms with van der Waals surface area (Å²) in [5, 5.41) is 8.82. The van der Waals surface area contributed by atoms with Crippen LogP contribution in [-0.4, -0.2) is 67.1 Å². The first-order chi connectivity index (χ1) is 16.9. The topological polar surface area (TPSA) is 136 Å². The Bertz CT molecular complexity index is 1040. The van der Waals surface area contributed by atoms with Gasteiger partial charge in [-0.25, -0.2) is 9.59 Å². The first kappa shape index (κ1) is 25.8. The number of ether oxygens (including phenoxy) is 2. The predicted octanol–water partition coefficient (Wildman–Crippen LogP) is 1.01. The van der Waals surface area contributed by atoms with E-state index in [4.69, 9.17) is 4.74 Å². The molecule has 1 saturated heterocycles. The van der Waals surface area contributed by atoms with Gasteiger partial charge in [0.2, 0.25) is 5.91 Å². The summed E-state index contributed by atoms with van der Waals surface area (Å²) in [6.45, 7) is 2.89. The normalized spacial score (nSPS) is 15.4. The highest BCUT2D eigenvalue weighted by Gasteiger charge is 2.43. The molecule has 1 aliphatic rings. The van der Waals surface area contributed by atoms with Crippen molar-refractivity contribution >= 4 is 23.8 Å². The molecule has 186 valence electrons. The minimum Gasteiger partial charge on any atom is -0.465 e. The number of esters is 2. The van der Waals surface area contributed by atoms with Crippen LogP contribution in [0.15, 0.2) is 48.7 Å². The minimum absolute atomic E-state index is 0.0505. The zero-order valence-electron chi connectivity index (χ0n) is 19.8. The van der Waals surface area contributed by atoms with Crippen LogP contribution in [-0.2, 0) is 25.5 Å². The van der Waals surface area contributed by atoms with E-state index in [1.165, 1.54) is 25.4 Å². The highest BCUT2D eigenvalue weighted by Crippen LogP contribution is 2.21. The zero-order chi connectivity index (χ0) is 25.3. The van der Waals surface area contributed by atoms with Gasteiger partial charge in [0.1, 0.15) is 17.3 Å². The third kappa shape index (κ3) is 6.63. The SMILES string of the molecule is CCOC(=O)C(Cc1ccccc1)NC(=O)C1(NC(=O)c2ccc(C(=O)OC)cn2)CCNCC1. The Labute approximate surface area is 203 Å². The number of hydrogen-bond acceptors (Lipinski definition) is 8. The molecule has 35 heavy (non-hydrogen) atoms. The number of hydrogen-bond donors (Lipinski definition) is 3. The van der Waals surface area contributed by atoms with E-state index in [9.17, 15) is 19.2 Å². The van der Waals surface area contributed by atoms with Gasteiger partial charge in [-0.3, -0.25) is 14.6 Å². The van der Waals surface area contributed by atoms with Crippen LogP contribution >= 0.6 is 0 Å². The fourth-order valence-electron chi connectivity index (χ4n) is 3.89. The van der Waals surface area contributed by atoms with Crippen LogP contribution in [0.1, 0.15) is 46.2 Å². The van der Waals surface area contributed by atoms with E-state index in [1.54, 1.807) is 6.92 Å². The third-order valence-electron chi connectivity index (χ3n) is 5.82. The summed E-state index contributed by atoms with van der Waals surface area (Å²) in [6, 6.07) is 11.2. The van der Waals surface area contributed by atoms with E-state index in [-0.39, 0.29) is 24.3 Å². The molecule has 1 aliphatic heterocycles. The second-order valence-corrected chi connectivity index (χ2v) is 8.18. The van der Waals surface area contributed by atoms with Gasteiger partial charge in [0, 0.05) is 12.6 Å². The number of piperidine rings is 1. The number of aromatic nitrogens is 1. The molecule has 1 aromatic carbocycles. The van der Waals surface area contributed by atoms with Gasteiger partial charge in [0.05, 0.1) is 19.3 Å². The van der Waals surface area contributed by atoms with Gasteiger partial charge in [-0.1, -0.05) is 30.3 Å². The number of carbonyl (C=O) groups excluding carboxylic acids is 4. The van der Waals surface area contributed by atoms with Gasteiger partial charge in [-0.05, 0) is 50.6 Å². The molecule has 10 nitrogen and oxygen atoms in total. The van der Waals surface area contributed by atoms with Crippen molar-refractivity contribution < 1.29 is 28.7 Å². The second-order valence-electron chi connectivity index (χ2n) is 8.18. The molecule has 1 unspecified atom stereocenters. The summed E-state index contributed by atoms with van der Waals surface area (Å²) in [4.78, 5) is 54.8. The molecule has 0 spiro atoms. The Kier molecular flexibility index (Phi) is 8.91. The number of carbonyl (C=O) groups is 4. The first-order valence-electron chi connectivity index (χ1n) is 11.5. The third-order valence-corrected chi connectivity index (χ3v) is 5.82. The van der Waals surface area contributed by atoms with Crippen molar-refractivity contribution in [3.63, 3.8) is 0 Å². The Hall–Kier alpha value is -3.79. The molecule has 1 atom stereocenters. The monoisotopic (exact) mass is 482 g/mol. The lowest BCUT2D eigenvalue weighted by Gasteiger charge is -2.37. The maximum Gasteiger partial charge on any atom is 0.339 e. The maximum atomic E-state index is 13.5. The number of nitrogens with zero attached hydrogens (tertiary/aromatic N) is 1. The molecule has 2 heterocycles. The standard InChI is InChI=1S/C25H30N4O6/c1-3-35-23(32)20(15-17-7-5-4-6-8-17)28-24(33)25(11-13-26-14-12-25)29-21(30)19-10-9-18(16-27-19)22(31)34-2/h4-10,16,20,26H,3,11-15H2,1-2H3,(H,28,33)(H,29,30). The molecule has 3 N–H and O–H groups in total. The Morgan fingerprint density at radius 3 is 2.40 bits per heavy atom. The number of amides is 2. The number of nitrogens with one attached hydrogen (secondary N) is 3. The Balaban J connectivity index is 1.79. The highest BCUT2D eigenvalue weighted by atomic mass is 16.5. The number of methoxy groups -OCH3 is 1. The Morgan fingerprint density at radius 2 is 1.80 bits per heavy atom. The van der Waals surface area contributed by atoms with Crippen LogP contribution in [0, 0.1) is 0 Å². The number of rotatable bonds is 9. The number of benzene rings is 1. The smallest absolute Gasteiger partial charge is 0.339 e. The van der Waals surface area contributed by atoms with Crippen LogP contribution in [0.5, 0.6) is 0 Å². The van der Waals surface area contributed by atoms with Crippen molar-refractivity contribution in [3.8, 4) is 0 Å². The molecule has 2 amide bonds. The molecule has 1 fully saturated rings. The van der Waals surface area contributed by atoms with E-state index >= 15 is 0 Å². The van der Waals surface area contributed by atoms with E-state index in [2.05, 4.69) is 25.7 Å². The summed E-state index contributed by atoms with van der Waals surface area (Å²) >= 11 is 0. The van der Waals surface area contributed by atoms with Crippen molar-refractivity contribution in [2.75, 3.05) is 26.8 Å². The summed E-state index contributed by atoms with van der Waals surface area (Å²) in [5.74, 6) is -2.14. The van der Waals surface area contributed by atoms with Crippen LogP contribution in [0.3, 0.4) is 0 Å². The van der Waals surface area contributed by atoms with Crippen molar-refractivity contribution in [2.24, 2.45) is 0 Å². The maximum absolute atomic E-state index is 13.5. The van der Waals surface area contributed by atoms with Gasteiger partial charge in [0.25, 0.3) is 5.91 Å². The van der Waals surface area contributed by atoms with Gasteiger partial charge < -0.3 is 25.4 Å². The highest BCUT2D eigenvalue weighted by molar-refractivity contribution is 5.99. The fourth-order valence-corrected chi connectivity index (χ4v) is 3.89. The lowest BCUT2D eigenvalue weighted by atomic mass is 9.86. The van der Waals surface area contributed by atoms with E-state index in [0.717, 1.165) is 5.56 Å². The predicted molar refractivity (Wildman–Crippen MR) is 127 cm³/mol. The first-order valence-corrected chi connectivity index (χ1v) is 11.5. The van der Waals surface area contributed by atoms with E-state index in [1.807, 2.05) is 30.3 Å². The summed E-state index contributed by atoms with van der Waals surface area (Å²) < 4.78 is 9.83.